The van der Waals surface area contributed by atoms with Crippen molar-refractivity contribution in [3.63, 3.8) is 0 Å². The van der Waals surface area contributed by atoms with E-state index < -0.39 is 5.60 Å². The first-order valence-corrected chi connectivity index (χ1v) is 6.42. The highest BCUT2D eigenvalue weighted by Gasteiger charge is 2.38. The van der Waals surface area contributed by atoms with Gasteiger partial charge in [0, 0.05) is 0 Å². The van der Waals surface area contributed by atoms with Crippen LogP contribution in [0.5, 0.6) is 0 Å². The van der Waals surface area contributed by atoms with Crippen LogP contribution in [-0.2, 0) is 4.74 Å². The SMILES string of the molecule is CC(O)CC(C)(C)C(C)(C)OCCC(C)(C)O. The van der Waals surface area contributed by atoms with Crippen LogP contribution in [0, 0.1) is 5.41 Å². The maximum Gasteiger partial charge on any atom is 0.0678 e. The Labute approximate surface area is 106 Å². The molecule has 0 aliphatic carbocycles. The topological polar surface area (TPSA) is 49.7 Å². The summed E-state index contributed by atoms with van der Waals surface area (Å²) in [5, 5.41) is 19.2. The molecule has 2 N–H and O–H groups in total. The molecule has 1 unspecified atom stereocenters. The Morgan fingerprint density at radius 3 is 1.88 bits per heavy atom. The number of rotatable bonds is 7. The minimum absolute atomic E-state index is 0.110. The van der Waals surface area contributed by atoms with Gasteiger partial charge in [-0.05, 0) is 52.9 Å². The fraction of sp³-hybridized carbons (Fsp3) is 1.00. The summed E-state index contributed by atoms with van der Waals surface area (Å²) in [6.07, 6.45) is 0.978. The van der Waals surface area contributed by atoms with E-state index in [9.17, 15) is 10.2 Å². The van der Waals surface area contributed by atoms with Gasteiger partial charge in [0.05, 0.1) is 23.9 Å². The molecular formula is C14H30O3. The van der Waals surface area contributed by atoms with Crippen molar-refractivity contribution in [2.45, 2.75) is 78.6 Å². The van der Waals surface area contributed by atoms with E-state index in [2.05, 4.69) is 13.8 Å². The van der Waals surface area contributed by atoms with Crippen molar-refractivity contribution < 1.29 is 14.9 Å². The van der Waals surface area contributed by atoms with Crippen LogP contribution in [0.4, 0.5) is 0 Å². The molecule has 0 heterocycles. The molecule has 3 nitrogen and oxygen atoms in total. The van der Waals surface area contributed by atoms with E-state index >= 15 is 0 Å². The van der Waals surface area contributed by atoms with Crippen molar-refractivity contribution in [3.8, 4) is 0 Å². The van der Waals surface area contributed by atoms with E-state index in [1.807, 2.05) is 13.8 Å². The monoisotopic (exact) mass is 246 g/mol. The molecule has 0 spiro atoms. The smallest absolute Gasteiger partial charge is 0.0678 e. The van der Waals surface area contributed by atoms with Gasteiger partial charge < -0.3 is 14.9 Å². The van der Waals surface area contributed by atoms with E-state index in [1.165, 1.54) is 0 Å². The average Bonchev–Trinajstić information content (AvgIpc) is 1.97. The van der Waals surface area contributed by atoms with Crippen molar-refractivity contribution >= 4 is 0 Å². The highest BCUT2D eigenvalue weighted by molar-refractivity contribution is 4.89. The van der Waals surface area contributed by atoms with Crippen molar-refractivity contribution in [2.24, 2.45) is 5.41 Å². The number of hydrogen-bond donors (Lipinski definition) is 2. The van der Waals surface area contributed by atoms with Crippen LogP contribution in [0.15, 0.2) is 0 Å². The lowest BCUT2D eigenvalue weighted by Crippen LogP contribution is -2.44. The normalized spacial score (nSPS) is 16.1. The molecule has 0 aliphatic heterocycles. The summed E-state index contributed by atoms with van der Waals surface area (Å²) >= 11 is 0. The van der Waals surface area contributed by atoms with Gasteiger partial charge in [-0.3, -0.25) is 0 Å². The number of ether oxygens (including phenoxy) is 1. The second-order valence-electron chi connectivity index (χ2n) is 6.86. The standard InChI is InChI=1S/C14H30O3/c1-11(15)10-12(2,3)14(6,7)17-9-8-13(4,5)16/h11,15-16H,8-10H2,1-7H3. The van der Waals surface area contributed by atoms with Gasteiger partial charge in [-0.25, -0.2) is 0 Å². The second kappa shape index (κ2) is 5.68. The molecule has 17 heavy (non-hydrogen) atoms. The largest absolute Gasteiger partial charge is 0.393 e. The third-order valence-electron chi connectivity index (χ3n) is 3.61. The van der Waals surface area contributed by atoms with Crippen LogP contribution in [0.3, 0.4) is 0 Å². The molecule has 0 amide bonds. The van der Waals surface area contributed by atoms with Gasteiger partial charge in [0.2, 0.25) is 0 Å². The van der Waals surface area contributed by atoms with Crippen LogP contribution in [0.1, 0.15) is 61.3 Å². The highest BCUT2D eigenvalue weighted by atomic mass is 16.5. The van der Waals surface area contributed by atoms with Gasteiger partial charge in [0.15, 0.2) is 0 Å². The molecule has 0 saturated carbocycles. The minimum atomic E-state index is -0.690. The molecule has 0 rings (SSSR count). The first kappa shape index (κ1) is 16.9. The third-order valence-corrected chi connectivity index (χ3v) is 3.61. The fourth-order valence-electron chi connectivity index (χ4n) is 1.74. The van der Waals surface area contributed by atoms with Gasteiger partial charge in [-0.2, -0.15) is 0 Å². The Morgan fingerprint density at radius 2 is 1.53 bits per heavy atom. The van der Waals surface area contributed by atoms with E-state index in [4.69, 9.17) is 4.74 Å². The van der Waals surface area contributed by atoms with Crippen molar-refractivity contribution in [3.05, 3.63) is 0 Å². The highest BCUT2D eigenvalue weighted by Crippen LogP contribution is 2.38. The fourth-order valence-corrected chi connectivity index (χ4v) is 1.74. The van der Waals surface area contributed by atoms with Crippen LogP contribution in [-0.4, -0.2) is 34.1 Å². The van der Waals surface area contributed by atoms with Crippen LogP contribution in [0.25, 0.3) is 0 Å². The van der Waals surface area contributed by atoms with E-state index in [-0.39, 0.29) is 17.1 Å². The zero-order valence-electron chi connectivity index (χ0n) is 12.5. The van der Waals surface area contributed by atoms with Crippen molar-refractivity contribution in [1.29, 1.82) is 0 Å². The average molecular weight is 246 g/mol. The lowest BCUT2D eigenvalue weighted by atomic mass is 9.73. The Kier molecular flexibility index (Phi) is 5.64. The Balaban J connectivity index is 4.36. The molecule has 0 bridgehead atoms. The van der Waals surface area contributed by atoms with E-state index in [0.717, 1.165) is 0 Å². The molecular weight excluding hydrogens is 216 g/mol. The molecule has 0 aromatic carbocycles. The summed E-state index contributed by atoms with van der Waals surface area (Å²) in [6, 6.07) is 0. The zero-order chi connectivity index (χ0) is 13.9. The molecule has 0 aromatic rings. The Bertz CT molecular complexity index is 224. The second-order valence-corrected chi connectivity index (χ2v) is 6.86. The van der Waals surface area contributed by atoms with Gasteiger partial charge in [0.25, 0.3) is 0 Å². The summed E-state index contributed by atoms with van der Waals surface area (Å²) < 4.78 is 5.90. The quantitative estimate of drug-likeness (QED) is 0.726. The molecule has 0 aliphatic rings. The van der Waals surface area contributed by atoms with Crippen LogP contribution in [0.2, 0.25) is 0 Å². The van der Waals surface area contributed by atoms with E-state index in [0.29, 0.717) is 19.4 Å². The molecule has 1 atom stereocenters. The number of hydrogen-bond acceptors (Lipinski definition) is 3. The molecule has 104 valence electrons. The maximum atomic E-state index is 9.64. The molecule has 3 heteroatoms. The minimum Gasteiger partial charge on any atom is -0.393 e. The predicted molar refractivity (Wildman–Crippen MR) is 71.0 cm³/mol. The van der Waals surface area contributed by atoms with Crippen molar-refractivity contribution in [1.82, 2.24) is 0 Å². The molecule has 0 aromatic heterocycles. The van der Waals surface area contributed by atoms with Gasteiger partial charge in [0.1, 0.15) is 0 Å². The molecule has 0 radical (unpaired) electrons. The van der Waals surface area contributed by atoms with Gasteiger partial charge in [-0.15, -0.1) is 0 Å². The zero-order valence-corrected chi connectivity index (χ0v) is 12.5. The summed E-state index contributed by atoms with van der Waals surface area (Å²) in [7, 11) is 0. The summed E-state index contributed by atoms with van der Waals surface area (Å²) in [4.78, 5) is 0. The first-order chi connectivity index (χ1) is 7.37. The lowest BCUT2D eigenvalue weighted by Gasteiger charge is -2.42. The lowest BCUT2D eigenvalue weighted by molar-refractivity contribution is -0.121. The summed E-state index contributed by atoms with van der Waals surface area (Å²) in [5.41, 5.74) is -1.12. The molecule has 0 fully saturated rings. The Hall–Kier alpha value is -0.120. The Morgan fingerprint density at radius 1 is 1.06 bits per heavy atom. The number of aliphatic hydroxyl groups excluding tert-OH is 1. The predicted octanol–water partition coefficient (Wildman–Crippen LogP) is 2.74. The molecule has 0 saturated heterocycles. The van der Waals surface area contributed by atoms with Crippen LogP contribution >= 0.6 is 0 Å². The van der Waals surface area contributed by atoms with Crippen molar-refractivity contribution in [2.75, 3.05) is 6.61 Å². The summed E-state index contributed by atoms with van der Waals surface area (Å²) in [6.45, 7) is 14.2. The van der Waals surface area contributed by atoms with Gasteiger partial charge in [-0.1, -0.05) is 13.8 Å². The first-order valence-electron chi connectivity index (χ1n) is 6.42. The van der Waals surface area contributed by atoms with E-state index in [1.54, 1.807) is 20.8 Å². The van der Waals surface area contributed by atoms with Crippen LogP contribution < -0.4 is 0 Å². The third kappa shape index (κ3) is 6.39. The number of aliphatic hydroxyl groups is 2. The maximum absolute atomic E-state index is 9.64. The van der Waals surface area contributed by atoms with Gasteiger partial charge >= 0.3 is 0 Å². The summed E-state index contributed by atoms with van der Waals surface area (Å²) in [5.74, 6) is 0.